The van der Waals surface area contributed by atoms with Crippen molar-refractivity contribution in [2.24, 2.45) is 0 Å². The minimum atomic E-state index is 0.0605. The van der Waals surface area contributed by atoms with Crippen LogP contribution in [0.1, 0.15) is 37.7 Å². The van der Waals surface area contributed by atoms with Crippen LogP contribution in [-0.2, 0) is 6.42 Å². The van der Waals surface area contributed by atoms with Crippen molar-refractivity contribution in [2.75, 3.05) is 5.32 Å². The Kier molecular flexibility index (Phi) is 6.21. The van der Waals surface area contributed by atoms with Crippen LogP contribution in [0, 0.1) is 0 Å². The first-order valence-electron chi connectivity index (χ1n) is 8.65. The smallest absolute Gasteiger partial charge is 0.171 e. The van der Waals surface area contributed by atoms with Crippen LogP contribution in [0.25, 0.3) is 0 Å². The number of rotatable bonds is 5. The van der Waals surface area contributed by atoms with Crippen LogP contribution in [0.15, 0.2) is 48.5 Å². The highest BCUT2D eigenvalue weighted by molar-refractivity contribution is 7.80. The number of halogens is 2. The summed E-state index contributed by atoms with van der Waals surface area (Å²) < 4.78 is 0. The van der Waals surface area contributed by atoms with E-state index in [2.05, 4.69) is 22.8 Å². The molecule has 1 aliphatic carbocycles. The van der Waals surface area contributed by atoms with Crippen LogP contribution in [0.4, 0.5) is 5.69 Å². The zero-order valence-corrected chi connectivity index (χ0v) is 16.4. The molecule has 5 heteroatoms. The molecule has 2 N–H and O–H groups in total. The first-order valence-corrected chi connectivity index (χ1v) is 9.81. The summed E-state index contributed by atoms with van der Waals surface area (Å²) in [6.45, 7) is 0. The summed E-state index contributed by atoms with van der Waals surface area (Å²) in [5, 5.41) is 8.92. The highest BCUT2D eigenvalue weighted by Gasteiger charge is 2.34. The van der Waals surface area contributed by atoms with Crippen molar-refractivity contribution in [2.45, 2.75) is 44.1 Å². The maximum Gasteiger partial charge on any atom is 0.171 e. The molecule has 0 aliphatic heterocycles. The summed E-state index contributed by atoms with van der Waals surface area (Å²) in [5.41, 5.74) is 2.21. The van der Waals surface area contributed by atoms with Crippen LogP contribution < -0.4 is 10.6 Å². The molecule has 0 saturated heterocycles. The summed E-state index contributed by atoms with van der Waals surface area (Å²) in [6.07, 6.45) is 6.83. The van der Waals surface area contributed by atoms with E-state index in [1.807, 2.05) is 36.4 Å². The molecule has 0 atom stereocenters. The fourth-order valence-electron chi connectivity index (χ4n) is 3.48. The molecule has 2 aromatic carbocycles. The lowest BCUT2D eigenvalue weighted by atomic mass is 9.89. The Balaban J connectivity index is 1.62. The maximum atomic E-state index is 6.21. The third-order valence-electron chi connectivity index (χ3n) is 4.87. The van der Waals surface area contributed by atoms with E-state index >= 15 is 0 Å². The van der Waals surface area contributed by atoms with E-state index in [1.165, 1.54) is 18.4 Å². The Morgan fingerprint density at radius 1 is 1.00 bits per heavy atom. The molecule has 1 saturated carbocycles. The Labute approximate surface area is 164 Å². The number of benzene rings is 2. The van der Waals surface area contributed by atoms with Crippen molar-refractivity contribution < 1.29 is 0 Å². The van der Waals surface area contributed by atoms with Crippen molar-refractivity contribution in [3.8, 4) is 0 Å². The highest BCUT2D eigenvalue weighted by Crippen LogP contribution is 2.34. The topological polar surface area (TPSA) is 24.1 Å². The van der Waals surface area contributed by atoms with E-state index in [0.29, 0.717) is 10.1 Å². The second-order valence-corrected chi connectivity index (χ2v) is 7.92. The monoisotopic (exact) mass is 392 g/mol. The van der Waals surface area contributed by atoms with E-state index in [0.717, 1.165) is 36.4 Å². The summed E-state index contributed by atoms with van der Waals surface area (Å²) in [6, 6.07) is 15.8. The molecule has 0 unspecified atom stereocenters. The number of hydrogen-bond acceptors (Lipinski definition) is 1. The molecular formula is C20H22Cl2N2S. The Bertz CT molecular complexity index is 725. The molecule has 1 aliphatic rings. The van der Waals surface area contributed by atoms with Gasteiger partial charge in [0.2, 0.25) is 0 Å². The lowest BCUT2D eigenvalue weighted by Crippen LogP contribution is -2.48. The molecule has 2 aromatic rings. The van der Waals surface area contributed by atoms with Gasteiger partial charge in [0.25, 0.3) is 0 Å². The molecule has 25 heavy (non-hydrogen) atoms. The number of hydrogen-bond donors (Lipinski definition) is 2. The van der Waals surface area contributed by atoms with Crippen molar-refractivity contribution in [1.29, 1.82) is 0 Å². The third-order valence-corrected chi connectivity index (χ3v) is 5.65. The standard InChI is InChI=1S/C20H22Cl2N2S/c21-16-9-7-15(8-10-16)11-14-20(12-3-4-13-20)24-19(25)23-18-6-2-1-5-17(18)22/h1-2,5-10H,3-4,11-14H2,(H2,23,24,25). The van der Waals surface area contributed by atoms with Gasteiger partial charge in [0.1, 0.15) is 0 Å². The highest BCUT2D eigenvalue weighted by atomic mass is 35.5. The van der Waals surface area contributed by atoms with E-state index < -0.39 is 0 Å². The average Bonchev–Trinajstić information content (AvgIpc) is 3.05. The molecule has 0 radical (unpaired) electrons. The van der Waals surface area contributed by atoms with Gasteiger partial charge in [0.05, 0.1) is 10.7 Å². The van der Waals surface area contributed by atoms with Crippen molar-refractivity contribution >= 4 is 46.2 Å². The predicted octanol–water partition coefficient (Wildman–Crippen LogP) is 6.23. The van der Waals surface area contributed by atoms with E-state index in [1.54, 1.807) is 0 Å². The van der Waals surface area contributed by atoms with Crippen LogP contribution >= 0.6 is 35.4 Å². The van der Waals surface area contributed by atoms with Gasteiger partial charge < -0.3 is 10.6 Å². The summed E-state index contributed by atoms with van der Waals surface area (Å²) in [7, 11) is 0. The summed E-state index contributed by atoms with van der Waals surface area (Å²) in [5.74, 6) is 0. The predicted molar refractivity (Wildman–Crippen MR) is 112 cm³/mol. The van der Waals surface area contributed by atoms with Gasteiger partial charge in [-0.2, -0.15) is 0 Å². The number of anilines is 1. The molecule has 0 spiro atoms. The quantitative estimate of drug-likeness (QED) is 0.589. The molecule has 2 nitrogen and oxygen atoms in total. The second kappa shape index (κ2) is 8.39. The van der Waals surface area contributed by atoms with Gasteiger partial charge in [-0.15, -0.1) is 0 Å². The molecule has 3 rings (SSSR count). The third kappa shape index (κ3) is 5.10. The Hall–Kier alpha value is -1.29. The van der Waals surface area contributed by atoms with E-state index in [4.69, 9.17) is 35.4 Å². The minimum Gasteiger partial charge on any atom is -0.357 e. The van der Waals surface area contributed by atoms with Crippen molar-refractivity contribution in [1.82, 2.24) is 5.32 Å². The molecule has 1 fully saturated rings. The molecule has 0 aromatic heterocycles. The normalized spacial score (nSPS) is 15.8. The zero-order chi connectivity index (χ0) is 17.7. The largest absolute Gasteiger partial charge is 0.357 e. The first kappa shape index (κ1) is 18.5. The first-order chi connectivity index (χ1) is 12.1. The van der Waals surface area contributed by atoms with Gasteiger partial charge in [-0.25, -0.2) is 0 Å². The Morgan fingerprint density at radius 3 is 2.36 bits per heavy atom. The SMILES string of the molecule is S=C(Nc1ccccc1Cl)NC1(CCc2ccc(Cl)cc2)CCCC1. The fourth-order valence-corrected chi connectivity index (χ4v) is 4.12. The molecular weight excluding hydrogens is 371 g/mol. The van der Waals surface area contributed by atoms with Gasteiger partial charge in [-0.3, -0.25) is 0 Å². The minimum absolute atomic E-state index is 0.0605. The lowest BCUT2D eigenvalue weighted by molar-refractivity contribution is 0.362. The number of nitrogens with one attached hydrogen (secondary N) is 2. The van der Waals surface area contributed by atoms with Gasteiger partial charge in [-0.1, -0.05) is 60.3 Å². The number of thiocarbonyl (C=S) groups is 1. The van der Waals surface area contributed by atoms with Crippen molar-refractivity contribution in [3.05, 3.63) is 64.1 Å². The van der Waals surface area contributed by atoms with E-state index in [9.17, 15) is 0 Å². The number of aryl methyl sites for hydroxylation is 1. The molecule has 132 valence electrons. The summed E-state index contributed by atoms with van der Waals surface area (Å²) >= 11 is 17.7. The van der Waals surface area contributed by atoms with Gasteiger partial charge in [0, 0.05) is 10.6 Å². The second-order valence-electron chi connectivity index (χ2n) is 6.67. The molecule has 0 heterocycles. The fraction of sp³-hybridized carbons (Fsp3) is 0.350. The van der Waals surface area contributed by atoms with Crippen LogP contribution in [0.2, 0.25) is 10.0 Å². The maximum absolute atomic E-state index is 6.21. The number of para-hydroxylation sites is 1. The summed E-state index contributed by atoms with van der Waals surface area (Å²) in [4.78, 5) is 0. The van der Waals surface area contributed by atoms with Gasteiger partial charge >= 0.3 is 0 Å². The molecule has 0 amide bonds. The molecule has 0 bridgehead atoms. The Morgan fingerprint density at radius 2 is 1.68 bits per heavy atom. The van der Waals surface area contributed by atoms with Crippen LogP contribution in [0.5, 0.6) is 0 Å². The van der Waals surface area contributed by atoms with Crippen molar-refractivity contribution in [3.63, 3.8) is 0 Å². The van der Waals surface area contributed by atoms with Crippen LogP contribution in [0.3, 0.4) is 0 Å². The zero-order valence-electron chi connectivity index (χ0n) is 14.0. The van der Waals surface area contributed by atoms with Crippen LogP contribution in [-0.4, -0.2) is 10.7 Å². The van der Waals surface area contributed by atoms with Gasteiger partial charge in [0.15, 0.2) is 5.11 Å². The lowest BCUT2D eigenvalue weighted by Gasteiger charge is -2.32. The van der Waals surface area contributed by atoms with Gasteiger partial charge in [-0.05, 0) is 67.7 Å². The van der Waals surface area contributed by atoms with E-state index in [-0.39, 0.29) is 5.54 Å². The average molecular weight is 393 g/mol.